The van der Waals surface area contributed by atoms with Gasteiger partial charge in [-0.3, -0.25) is 0 Å². The Bertz CT molecular complexity index is 1210. The molecule has 0 saturated heterocycles. The highest BCUT2D eigenvalue weighted by Gasteiger charge is 2.92. The highest BCUT2D eigenvalue weighted by atomic mass is 19.4. The Hall–Kier alpha value is -3.14. The molecule has 0 radical (unpaired) electrons. The van der Waals surface area contributed by atoms with Gasteiger partial charge < -0.3 is 19.8 Å². The molecule has 0 saturated carbocycles. The number of hydrogen-bond acceptors (Lipinski definition) is 4. The average molecular weight is 806 g/mol. The van der Waals surface area contributed by atoms with Crippen LogP contribution >= 0.6 is 0 Å². The summed E-state index contributed by atoms with van der Waals surface area (Å²) in [6, 6.07) is 0. The van der Waals surface area contributed by atoms with Gasteiger partial charge in [0.1, 0.15) is 0 Å². The molecule has 0 heterocycles. The lowest BCUT2D eigenvalue weighted by atomic mass is 9.88. The normalized spacial score (nSPS) is 16.4. The molecule has 0 aromatic heterocycles. The molecule has 0 amide bonds. The summed E-state index contributed by atoms with van der Waals surface area (Å²) in [6.07, 6.45) is -29.1. The summed E-state index contributed by atoms with van der Waals surface area (Å²) < 4.78 is 342. The molecule has 0 atom stereocenters. The molecule has 0 aliphatic rings. The van der Waals surface area contributed by atoms with Gasteiger partial charge in [0.15, 0.2) is 0 Å². The number of alkyl halides is 26. The minimum atomic E-state index is -8.51. The van der Waals surface area contributed by atoms with Crippen LogP contribution in [0, 0.1) is 0 Å². The van der Waals surface area contributed by atoms with Crippen LogP contribution in [0.25, 0.3) is 0 Å². The Kier molecular flexibility index (Phi) is 12.0. The maximum atomic E-state index is 14.0. The number of halogens is 26. The van der Waals surface area contributed by atoms with E-state index < -0.39 is 120 Å². The summed E-state index contributed by atoms with van der Waals surface area (Å²) in [4.78, 5) is 22.2. The summed E-state index contributed by atoms with van der Waals surface area (Å²) in [6.45, 7) is 0. The molecule has 0 aromatic carbocycles. The van der Waals surface area contributed by atoms with Gasteiger partial charge >= 0.3 is 71.6 Å². The van der Waals surface area contributed by atoms with Gasteiger partial charge in [-0.25, -0.2) is 0 Å². The lowest BCUT2D eigenvalue weighted by Gasteiger charge is -2.40. The van der Waals surface area contributed by atoms with Gasteiger partial charge in [0.05, 0.1) is 11.9 Å². The van der Waals surface area contributed by atoms with Crippen molar-refractivity contribution in [2.24, 2.45) is 0 Å². The van der Waals surface area contributed by atoms with E-state index in [4.69, 9.17) is 0 Å². The summed E-state index contributed by atoms with van der Waals surface area (Å²) >= 11 is 0. The lowest BCUT2D eigenvalue weighted by molar-refractivity contribution is -0.440. The van der Waals surface area contributed by atoms with E-state index in [0.717, 1.165) is 0 Å². The number of carbonyl (C=O) groups is 2. The summed E-state index contributed by atoms with van der Waals surface area (Å²) in [5.74, 6) is -88.3. The summed E-state index contributed by atoms with van der Waals surface area (Å²) in [7, 11) is 0. The average Bonchev–Trinajstić information content (AvgIpc) is 2.87. The third kappa shape index (κ3) is 7.02. The third-order valence-corrected chi connectivity index (χ3v) is 6.23. The number of rotatable bonds is 16. The van der Waals surface area contributed by atoms with Crippen LogP contribution in [0.3, 0.4) is 0 Å². The predicted octanol–water partition coefficient (Wildman–Crippen LogP) is 6.82. The molecule has 50 heavy (non-hydrogen) atoms. The van der Waals surface area contributed by atoms with Crippen molar-refractivity contribution in [3.8, 4) is 0 Å². The number of carbonyl (C=O) groups excluding carboxylic acids is 2. The van der Waals surface area contributed by atoms with Gasteiger partial charge in [-0.1, -0.05) is 0 Å². The van der Waals surface area contributed by atoms with Crippen molar-refractivity contribution in [2.45, 2.75) is 97.3 Å². The fraction of sp³-hybridized carbons (Fsp3) is 0.800. The van der Waals surface area contributed by atoms with E-state index in [1.807, 2.05) is 0 Å². The molecule has 0 aromatic rings. The Morgan fingerprint density at radius 1 is 0.320 bits per heavy atom. The van der Waals surface area contributed by atoms with Crippen LogP contribution in [0.5, 0.6) is 0 Å². The van der Waals surface area contributed by atoms with Crippen molar-refractivity contribution in [3.63, 3.8) is 0 Å². The zero-order valence-electron chi connectivity index (χ0n) is 22.3. The van der Waals surface area contributed by atoms with Crippen LogP contribution in [0.2, 0.25) is 0 Å². The van der Waals surface area contributed by atoms with E-state index in [2.05, 4.69) is 0 Å². The fourth-order valence-corrected chi connectivity index (χ4v) is 3.23. The number of hydrogen-bond donors (Lipinski definition) is 0. The molecule has 30 heteroatoms. The molecule has 0 fully saturated rings. The van der Waals surface area contributed by atoms with Crippen molar-refractivity contribution in [3.05, 3.63) is 11.1 Å². The van der Waals surface area contributed by atoms with E-state index in [1.165, 1.54) is 0 Å². The number of carboxylic acids is 2. The Morgan fingerprint density at radius 2 is 0.500 bits per heavy atom. The quantitative estimate of drug-likeness (QED) is 0.127. The van der Waals surface area contributed by atoms with Crippen molar-refractivity contribution in [2.75, 3.05) is 0 Å². The number of aliphatic carboxylic acids is 2. The van der Waals surface area contributed by atoms with Crippen LogP contribution in [-0.4, -0.2) is 83.5 Å². The van der Waals surface area contributed by atoms with Crippen LogP contribution in [0.1, 0.15) is 25.7 Å². The third-order valence-electron chi connectivity index (χ3n) is 6.23. The summed E-state index contributed by atoms with van der Waals surface area (Å²) in [5.41, 5.74) is -5.76. The van der Waals surface area contributed by atoms with Gasteiger partial charge in [0.25, 0.3) is 0 Å². The monoisotopic (exact) mass is 806 g/mol. The zero-order valence-corrected chi connectivity index (χ0v) is 22.3. The van der Waals surface area contributed by atoms with Crippen LogP contribution in [-0.2, 0) is 9.59 Å². The highest BCUT2D eigenvalue weighted by Crippen LogP contribution is 2.62. The van der Waals surface area contributed by atoms with Gasteiger partial charge in [0, 0.05) is 12.8 Å². The second-order valence-corrected chi connectivity index (χ2v) is 9.53. The first-order chi connectivity index (χ1) is 21.3. The molecule has 0 N–H and O–H groups in total. The molecule has 0 aliphatic heterocycles. The maximum absolute atomic E-state index is 14.0. The molecular formula is C20H8F26O4-2. The molecule has 296 valence electrons. The molecule has 0 bridgehead atoms. The lowest BCUT2D eigenvalue weighted by Crippen LogP contribution is -2.70. The van der Waals surface area contributed by atoms with Crippen molar-refractivity contribution in [1.82, 2.24) is 0 Å². The van der Waals surface area contributed by atoms with Gasteiger partial charge in [0.2, 0.25) is 0 Å². The second-order valence-electron chi connectivity index (χ2n) is 9.53. The van der Waals surface area contributed by atoms with Gasteiger partial charge in [-0.15, -0.1) is 0 Å². The van der Waals surface area contributed by atoms with E-state index in [1.54, 1.807) is 0 Å². The largest absolute Gasteiger partial charge is 0.545 e. The predicted molar refractivity (Wildman–Crippen MR) is 97.1 cm³/mol. The van der Waals surface area contributed by atoms with Crippen molar-refractivity contribution in [1.29, 1.82) is 0 Å². The molecule has 4 nitrogen and oxygen atoms in total. The molecule has 0 spiro atoms. The smallest absolute Gasteiger partial charge is 0.460 e. The Morgan fingerprint density at radius 3 is 0.660 bits per heavy atom. The Balaban J connectivity index is 6.86. The molecule has 0 unspecified atom stereocenters. The first-order valence-corrected chi connectivity index (χ1v) is 11.4. The minimum absolute atomic E-state index is 2.88. The van der Waals surface area contributed by atoms with Gasteiger partial charge in [-0.05, 0) is 24.0 Å². The first-order valence-electron chi connectivity index (χ1n) is 11.4. The standard InChI is InChI=1S/C20H10F26O4/c21-9(22,11(25,26)13(29,30)15(33,34)17(37,38)19(41,42)43)3-1-5(7(47)48)6(8(49)50)2-4-10(23,24)12(27,28)14(31,32)16(35,36)18(39,40)20(44,45)46/h1-4H2,(H,47,48)(H,49,50)/p-2/b6-5+. The van der Waals surface area contributed by atoms with Crippen molar-refractivity contribution >= 4 is 11.9 Å². The topological polar surface area (TPSA) is 80.3 Å². The van der Waals surface area contributed by atoms with Crippen LogP contribution in [0.15, 0.2) is 11.1 Å². The SMILES string of the molecule is O=C([O-])/C(CCC(F)(F)C(F)(F)C(F)(F)C(F)(F)C(F)(F)C(F)(F)F)=C(\CCC(F)(F)C(F)(F)C(F)(F)C(F)(F)C(F)(F)C(F)(F)F)C(=O)[O-]. The second kappa shape index (κ2) is 12.8. The summed E-state index contributed by atoms with van der Waals surface area (Å²) in [5, 5.41) is 22.2. The van der Waals surface area contributed by atoms with E-state index in [9.17, 15) is 134 Å². The minimum Gasteiger partial charge on any atom is -0.545 e. The van der Waals surface area contributed by atoms with Crippen LogP contribution in [0.4, 0.5) is 114 Å². The van der Waals surface area contributed by atoms with Crippen LogP contribution < -0.4 is 10.2 Å². The van der Waals surface area contributed by atoms with Crippen molar-refractivity contribution < 1.29 is 134 Å². The maximum Gasteiger partial charge on any atom is 0.460 e. The highest BCUT2D eigenvalue weighted by molar-refractivity contribution is 5.97. The van der Waals surface area contributed by atoms with E-state index >= 15 is 0 Å². The molecule has 0 aliphatic carbocycles. The van der Waals surface area contributed by atoms with E-state index in [0.29, 0.717) is 0 Å². The molecule has 0 rings (SSSR count). The Labute approximate surface area is 255 Å². The number of carboxylic acid groups (broad SMARTS) is 2. The zero-order chi connectivity index (χ0) is 41.1. The fourth-order valence-electron chi connectivity index (χ4n) is 3.23. The molecular weight excluding hydrogens is 798 g/mol. The van der Waals surface area contributed by atoms with E-state index in [-0.39, 0.29) is 0 Å². The first kappa shape index (κ1) is 46.9. The van der Waals surface area contributed by atoms with Gasteiger partial charge in [-0.2, -0.15) is 114 Å².